The second kappa shape index (κ2) is 7.17. The molecule has 0 aliphatic rings. The van der Waals surface area contributed by atoms with E-state index in [2.05, 4.69) is 31.9 Å². The summed E-state index contributed by atoms with van der Waals surface area (Å²) in [7, 11) is 0. The molecule has 0 amide bonds. The molecule has 138 valence electrons. The Morgan fingerprint density at radius 3 is 2.50 bits per heavy atom. The fraction of sp³-hybridized carbons (Fsp3) is 0. The maximum Gasteiger partial charge on any atom is 0.239 e. The molecule has 9 heteroatoms. The molecule has 2 aromatic carbocycles. The normalized spacial score (nSPS) is 10.6. The van der Waals surface area contributed by atoms with Gasteiger partial charge in [0.25, 0.3) is 0 Å². The molecule has 0 spiro atoms. The summed E-state index contributed by atoms with van der Waals surface area (Å²) in [5.74, 6) is 11.4. The molecule has 0 atom stereocenters. The molecule has 0 aliphatic carbocycles. The van der Waals surface area contributed by atoms with Crippen molar-refractivity contribution in [3.05, 3.63) is 59.1 Å². The average molecular weight is 391 g/mol. The first-order valence-electron chi connectivity index (χ1n) is 8.28. The van der Waals surface area contributed by atoms with Gasteiger partial charge in [-0.1, -0.05) is 41.9 Å². The monoisotopic (exact) mass is 390 g/mol. The fourth-order valence-electron chi connectivity index (χ4n) is 3.15. The molecule has 2 aromatic heterocycles. The fourth-order valence-corrected chi connectivity index (χ4v) is 3.32. The van der Waals surface area contributed by atoms with Crippen molar-refractivity contribution in [2.75, 3.05) is 10.9 Å². The maximum atomic E-state index is 9.77. The number of nitrogens with two attached hydrogens (primary N) is 2. The van der Waals surface area contributed by atoms with E-state index in [9.17, 15) is 5.26 Å². The first kappa shape index (κ1) is 17.8. The van der Waals surface area contributed by atoms with Crippen molar-refractivity contribution in [1.82, 2.24) is 15.0 Å². The molecular weight excluding hydrogens is 376 g/mol. The molecule has 8 nitrogen and oxygen atoms in total. The highest BCUT2D eigenvalue weighted by atomic mass is 35.5. The lowest BCUT2D eigenvalue weighted by Gasteiger charge is -2.11. The number of anilines is 2. The van der Waals surface area contributed by atoms with Gasteiger partial charge >= 0.3 is 0 Å². The number of hydrazine groups is 2. The first-order valence-corrected chi connectivity index (χ1v) is 8.66. The molecule has 4 aromatic rings. The number of fused-ring (bicyclic) bond motifs is 1. The van der Waals surface area contributed by atoms with Crippen LogP contribution < -0.4 is 22.5 Å². The number of hydrogen-bond donors (Lipinski definition) is 5. The van der Waals surface area contributed by atoms with Crippen LogP contribution in [-0.4, -0.2) is 15.0 Å². The van der Waals surface area contributed by atoms with Gasteiger partial charge in [-0.3, -0.25) is 5.43 Å². The van der Waals surface area contributed by atoms with Crippen LogP contribution in [0, 0.1) is 11.3 Å². The summed E-state index contributed by atoms with van der Waals surface area (Å²) < 4.78 is 0. The Morgan fingerprint density at radius 2 is 1.82 bits per heavy atom. The largest absolute Gasteiger partial charge is 0.354 e. The van der Waals surface area contributed by atoms with Gasteiger partial charge in [0.2, 0.25) is 5.95 Å². The Hall–Kier alpha value is -3.64. The third-order valence-electron chi connectivity index (χ3n) is 4.35. The van der Waals surface area contributed by atoms with Crippen molar-refractivity contribution in [3.63, 3.8) is 0 Å². The molecule has 0 bridgehead atoms. The van der Waals surface area contributed by atoms with E-state index in [4.69, 9.17) is 23.3 Å². The Labute approximate surface area is 165 Å². The average Bonchev–Trinajstić information content (AvgIpc) is 3.11. The molecule has 0 fully saturated rings. The summed E-state index contributed by atoms with van der Waals surface area (Å²) in [5, 5.41) is 11.1. The van der Waals surface area contributed by atoms with E-state index in [0.29, 0.717) is 16.3 Å². The second-order valence-electron chi connectivity index (χ2n) is 5.95. The number of aromatic amines is 1. The standard InChI is InChI=1S/C19H15ClN8/c20-11-6-7-14-12(8-11)15(16(24-14)10-4-2-1-3-5-10)17-13(9-21)18(27-22)26-19(25-17)28-23/h1-8,24H,22-23H2,(H2,25,26,27,28). The minimum absolute atomic E-state index is 0.123. The highest BCUT2D eigenvalue weighted by molar-refractivity contribution is 6.31. The van der Waals surface area contributed by atoms with Gasteiger partial charge in [-0.15, -0.1) is 0 Å². The van der Waals surface area contributed by atoms with Crippen LogP contribution in [0.5, 0.6) is 0 Å². The van der Waals surface area contributed by atoms with Crippen molar-refractivity contribution in [2.24, 2.45) is 11.7 Å². The molecule has 7 N–H and O–H groups in total. The lowest BCUT2D eigenvalue weighted by Crippen LogP contribution is -2.16. The summed E-state index contributed by atoms with van der Waals surface area (Å²) >= 11 is 6.25. The lowest BCUT2D eigenvalue weighted by atomic mass is 9.99. The van der Waals surface area contributed by atoms with Crippen LogP contribution in [0.15, 0.2) is 48.5 Å². The Balaban J connectivity index is 2.14. The van der Waals surface area contributed by atoms with E-state index in [0.717, 1.165) is 22.2 Å². The highest BCUT2D eigenvalue weighted by Crippen LogP contribution is 2.41. The molecule has 0 radical (unpaired) electrons. The summed E-state index contributed by atoms with van der Waals surface area (Å²) in [6.45, 7) is 0. The number of nitrogen functional groups attached to an aromatic ring is 2. The van der Waals surface area contributed by atoms with Gasteiger partial charge in [0.05, 0.1) is 11.4 Å². The van der Waals surface area contributed by atoms with Crippen LogP contribution in [0.25, 0.3) is 33.4 Å². The van der Waals surface area contributed by atoms with Crippen molar-refractivity contribution in [1.29, 1.82) is 5.26 Å². The molecule has 0 unspecified atom stereocenters. The van der Waals surface area contributed by atoms with Gasteiger partial charge in [-0.25, -0.2) is 16.7 Å². The van der Waals surface area contributed by atoms with Crippen LogP contribution in [0.1, 0.15) is 5.56 Å². The zero-order valence-corrected chi connectivity index (χ0v) is 15.2. The number of halogens is 1. The van der Waals surface area contributed by atoms with E-state index >= 15 is 0 Å². The van der Waals surface area contributed by atoms with Crippen molar-refractivity contribution < 1.29 is 0 Å². The van der Waals surface area contributed by atoms with Gasteiger partial charge in [0.15, 0.2) is 5.82 Å². The minimum atomic E-state index is 0.123. The van der Waals surface area contributed by atoms with Crippen molar-refractivity contribution in [3.8, 4) is 28.6 Å². The number of benzene rings is 2. The summed E-state index contributed by atoms with van der Waals surface area (Å²) in [6, 6.07) is 17.4. The number of hydrogen-bond acceptors (Lipinski definition) is 7. The van der Waals surface area contributed by atoms with E-state index in [-0.39, 0.29) is 17.3 Å². The number of H-pyrrole nitrogens is 1. The maximum absolute atomic E-state index is 9.77. The van der Waals surface area contributed by atoms with E-state index in [1.54, 1.807) is 6.07 Å². The number of aromatic nitrogens is 3. The SMILES string of the molecule is N#Cc1c(NN)nc(NN)nc1-c1c(-c2ccccc2)[nH]c2ccc(Cl)cc12. The van der Waals surface area contributed by atoms with Crippen LogP contribution >= 0.6 is 11.6 Å². The van der Waals surface area contributed by atoms with Gasteiger partial charge in [-0.05, 0) is 23.8 Å². The van der Waals surface area contributed by atoms with E-state index < -0.39 is 0 Å². The summed E-state index contributed by atoms with van der Waals surface area (Å²) in [5.41, 5.74) is 8.70. The Kier molecular flexibility index (Phi) is 4.55. The second-order valence-corrected chi connectivity index (χ2v) is 6.39. The third kappa shape index (κ3) is 2.90. The minimum Gasteiger partial charge on any atom is -0.354 e. The lowest BCUT2D eigenvalue weighted by molar-refractivity contribution is 1.10. The summed E-state index contributed by atoms with van der Waals surface area (Å²) in [6.07, 6.45) is 0. The number of nitriles is 1. The molecule has 0 saturated carbocycles. The molecule has 0 aliphatic heterocycles. The van der Waals surface area contributed by atoms with Gasteiger partial charge < -0.3 is 10.4 Å². The van der Waals surface area contributed by atoms with Crippen molar-refractivity contribution in [2.45, 2.75) is 0 Å². The Morgan fingerprint density at radius 1 is 1.04 bits per heavy atom. The molecular formula is C19H15ClN8. The van der Waals surface area contributed by atoms with Gasteiger partial charge in [-0.2, -0.15) is 10.2 Å². The third-order valence-corrected chi connectivity index (χ3v) is 4.58. The van der Waals surface area contributed by atoms with Crippen LogP contribution in [0.2, 0.25) is 5.02 Å². The number of nitrogens with zero attached hydrogens (tertiary/aromatic N) is 3. The predicted molar refractivity (Wildman–Crippen MR) is 110 cm³/mol. The van der Waals surface area contributed by atoms with Crippen LogP contribution in [0.4, 0.5) is 11.8 Å². The van der Waals surface area contributed by atoms with Crippen LogP contribution in [-0.2, 0) is 0 Å². The predicted octanol–water partition coefficient (Wildman–Crippen LogP) is 3.39. The number of rotatable bonds is 4. The molecule has 0 saturated heterocycles. The highest BCUT2D eigenvalue weighted by Gasteiger charge is 2.23. The topological polar surface area (TPSA) is 141 Å². The zero-order chi connectivity index (χ0) is 19.7. The quantitative estimate of drug-likeness (QED) is 0.265. The smallest absolute Gasteiger partial charge is 0.239 e. The molecule has 4 rings (SSSR count). The van der Waals surface area contributed by atoms with Gasteiger partial charge in [0.1, 0.15) is 11.6 Å². The van der Waals surface area contributed by atoms with Crippen molar-refractivity contribution >= 4 is 34.3 Å². The molecule has 2 heterocycles. The van der Waals surface area contributed by atoms with Gasteiger partial charge in [0, 0.05) is 21.5 Å². The molecule has 28 heavy (non-hydrogen) atoms. The first-order chi connectivity index (χ1) is 13.7. The summed E-state index contributed by atoms with van der Waals surface area (Å²) in [4.78, 5) is 12.0. The number of nitrogens with one attached hydrogen (secondary N) is 3. The van der Waals surface area contributed by atoms with E-state index in [1.807, 2.05) is 42.5 Å². The van der Waals surface area contributed by atoms with Crippen LogP contribution in [0.3, 0.4) is 0 Å². The zero-order valence-electron chi connectivity index (χ0n) is 14.5. The van der Waals surface area contributed by atoms with E-state index in [1.165, 1.54) is 0 Å². The Bertz CT molecular complexity index is 1210.